The second-order valence-electron chi connectivity index (χ2n) is 7.55. The molecular formula is C18H31NO2. The normalized spacial score (nSPS) is 34.5. The van der Waals surface area contributed by atoms with Gasteiger partial charge in [0.2, 0.25) is 5.91 Å². The van der Waals surface area contributed by atoms with Crippen molar-refractivity contribution < 1.29 is 9.53 Å². The highest BCUT2D eigenvalue weighted by Crippen LogP contribution is 2.35. The molecule has 0 aromatic carbocycles. The lowest BCUT2D eigenvalue weighted by molar-refractivity contribution is -0.140. The molecule has 2 aliphatic carbocycles. The topological polar surface area (TPSA) is 29.5 Å². The van der Waals surface area contributed by atoms with Crippen molar-refractivity contribution in [3.8, 4) is 0 Å². The monoisotopic (exact) mass is 293 g/mol. The number of nitrogens with zero attached hydrogens (tertiary/aromatic N) is 1. The fourth-order valence-electron chi connectivity index (χ4n) is 4.74. The van der Waals surface area contributed by atoms with Crippen molar-refractivity contribution in [3.63, 3.8) is 0 Å². The van der Waals surface area contributed by atoms with E-state index in [0.29, 0.717) is 18.8 Å². The van der Waals surface area contributed by atoms with Crippen molar-refractivity contribution >= 4 is 5.91 Å². The molecule has 3 nitrogen and oxygen atoms in total. The van der Waals surface area contributed by atoms with Gasteiger partial charge in [-0.2, -0.15) is 0 Å². The molecule has 3 rings (SSSR count). The first kappa shape index (κ1) is 15.3. The zero-order valence-corrected chi connectivity index (χ0v) is 13.6. The van der Waals surface area contributed by atoms with Gasteiger partial charge in [0.15, 0.2) is 0 Å². The summed E-state index contributed by atoms with van der Waals surface area (Å²) in [6.45, 7) is 3.58. The molecule has 3 aliphatic rings. The maximum absolute atomic E-state index is 12.5. The fraction of sp³-hybridized carbons (Fsp3) is 0.944. The molecule has 1 amide bonds. The number of carbonyl (C=O) groups excluding carboxylic acids is 1. The lowest BCUT2D eigenvalue weighted by Crippen LogP contribution is -2.42. The van der Waals surface area contributed by atoms with Crippen molar-refractivity contribution in [2.75, 3.05) is 13.2 Å². The second-order valence-corrected chi connectivity index (χ2v) is 7.55. The Labute approximate surface area is 129 Å². The van der Waals surface area contributed by atoms with E-state index >= 15 is 0 Å². The van der Waals surface area contributed by atoms with Gasteiger partial charge in [-0.05, 0) is 50.4 Å². The maximum Gasteiger partial charge on any atom is 0.248 e. The Bertz CT molecular complexity index is 351. The molecule has 3 heteroatoms. The third-order valence-corrected chi connectivity index (χ3v) is 5.89. The van der Waals surface area contributed by atoms with Crippen LogP contribution in [0.5, 0.6) is 0 Å². The van der Waals surface area contributed by atoms with Crippen molar-refractivity contribution in [1.29, 1.82) is 0 Å². The number of hydrogen-bond acceptors (Lipinski definition) is 2. The van der Waals surface area contributed by atoms with Crippen LogP contribution in [0.25, 0.3) is 0 Å². The molecule has 0 radical (unpaired) electrons. The minimum absolute atomic E-state index is 0.252. The number of ether oxygens (including phenoxy) is 1. The molecule has 0 N–H and O–H groups in total. The van der Waals surface area contributed by atoms with E-state index in [-0.39, 0.29) is 5.91 Å². The summed E-state index contributed by atoms with van der Waals surface area (Å²) in [6, 6.07) is 0.522. The molecule has 1 saturated heterocycles. The van der Waals surface area contributed by atoms with Crippen LogP contribution < -0.4 is 0 Å². The molecule has 0 bridgehead atoms. The Morgan fingerprint density at radius 1 is 1.05 bits per heavy atom. The number of rotatable bonds is 4. The SMILES string of the molecule is C[C@@H]1CCC[C@H](OCC(=O)N2CCC[C@@H]2C2CCCC2)C1. The third-order valence-electron chi connectivity index (χ3n) is 5.89. The van der Waals surface area contributed by atoms with Crippen molar-refractivity contribution in [2.24, 2.45) is 11.8 Å². The highest BCUT2D eigenvalue weighted by Gasteiger charge is 2.36. The zero-order valence-electron chi connectivity index (χ0n) is 13.6. The maximum atomic E-state index is 12.5. The van der Waals surface area contributed by atoms with Crippen LogP contribution in [0.2, 0.25) is 0 Å². The van der Waals surface area contributed by atoms with Crippen LogP contribution in [0.15, 0.2) is 0 Å². The summed E-state index contributed by atoms with van der Waals surface area (Å²) in [5.41, 5.74) is 0. The van der Waals surface area contributed by atoms with Gasteiger partial charge in [0, 0.05) is 12.6 Å². The summed E-state index contributed by atoms with van der Waals surface area (Å²) in [6.07, 6.45) is 13.0. The van der Waals surface area contributed by atoms with Gasteiger partial charge in [0.05, 0.1) is 6.10 Å². The van der Waals surface area contributed by atoms with Gasteiger partial charge < -0.3 is 9.64 Å². The van der Waals surface area contributed by atoms with E-state index < -0.39 is 0 Å². The Balaban J connectivity index is 1.47. The predicted molar refractivity (Wildman–Crippen MR) is 84.1 cm³/mol. The molecule has 1 aliphatic heterocycles. The highest BCUT2D eigenvalue weighted by atomic mass is 16.5. The van der Waals surface area contributed by atoms with E-state index in [1.165, 1.54) is 51.4 Å². The quantitative estimate of drug-likeness (QED) is 0.790. The molecule has 2 saturated carbocycles. The second kappa shape index (κ2) is 7.13. The molecule has 0 unspecified atom stereocenters. The first-order valence-electron chi connectivity index (χ1n) is 9.15. The van der Waals surface area contributed by atoms with Gasteiger partial charge in [-0.3, -0.25) is 4.79 Å². The van der Waals surface area contributed by atoms with E-state index in [9.17, 15) is 4.79 Å². The third kappa shape index (κ3) is 3.80. The van der Waals surface area contributed by atoms with Crippen LogP contribution in [-0.2, 0) is 9.53 Å². The van der Waals surface area contributed by atoms with E-state index in [2.05, 4.69) is 11.8 Å². The lowest BCUT2D eigenvalue weighted by atomic mass is 9.89. The van der Waals surface area contributed by atoms with Gasteiger partial charge >= 0.3 is 0 Å². The smallest absolute Gasteiger partial charge is 0.248 e. The Kier molecular flexibility index (Phi) is 5.20. The lowest BCUT2D eigenvalue weighted by Gasteiger charge is -2.31. The van der Waals surface area contributed by atoms with E-state index in [4.69, 9.17) is 4.74 Å². The van der Waals surface area contributed by atoms with Gasteiger partial charge in [0.25, 0.3) is 0 Å². The summed E-state index contributed by atoms with van der Waals surface area (Å²) in [4.78, 5) is 14.7. The molecule has 0 aromatic rings. The van der Waals surface area contributed by atoms with Gasteiger partial charge in [-0.1, -0.05) is 32.6 Å². The van der Waals surface area contributed by atoms with Crippen LogP contribution in [0.4, 0.5) is 0 Å². The van der Waals surface area contributed by atoms with E-state index in [1.54, 1.807) is 0 Å². The fourth-order valence-corrected chi connectivity index (χ4v) is 4.74. The molecule has 3 atom stereocenters. The highest BCUT2D eigenvalue weighted by molar-refractivity contribution is 5.78. The minimum atomic E-state index is 0.252. The van der Waals surface area contributed by atoms with E-state index in [1.807, 2.05) is 0 Å². The molecule has 0 aromatic heterocycles. The van der Waals surface area contributed by atoms with Crippen LogP contribution in [0, 0.1) is 11.8 Å². The summed E-state index contributed by atoms with van der Waals surface area (Å²) >= 11 is 0. The zero-order chi connectivity index (χ0) is 14.7. The number of hydrogen-bond donors (Lipinski definition) is 0. The van der Waals surface area contributed by atoms with Crippen molar-refractivity contribution in [1.82, 2.24) is 4.90 Å². The Hall–Kier alpha value is -0.570. The number of amides is 1. The Morgan fingerprint density at radius 3 is 2.62 bits per heavy atom. The Morgan fingerprint density at radius 2 is 1.86 bits per heavy atom. The average molecular weight is 293 g/mol. The summed E-state index contributed by atoms with van der Waals surface area (Å²) in [5.74, 6) is 1.78. The predicted octanol–water partition coefficient (Wildman–Crippen LogP) is 3.76. The van der Waals surface area contributed by atoms with Crippen molar-refractivity contribution in [2.45, 2.75) is 83.3 Å². The number of likely N-dealkylation sites (tertiary alicyclic amines) is 1. The van der Waals surface area contributed by atoms with Gasteiger partial charge in [-0.15, -0.1) is 0 Å². The molecule has 21 heavy (non-hydrogen) atoms. The molecular weight excluding hydrogens is 262 g/mol. The molecule has 3 fully saturated rings. The largest absolute Gasteiger partial charge is 0.368 e. The summed E-state index contributed by atoms with van der Waals surface area (Å²) in [7, 11) is 0. The van der Waals surface area contributed by atoms with Crippen LogP contribution >= 0.6 is 0 Å². The number of carbonyl (C=O) groups is 1. The average Bonchev–Trinajstić information content (AvgIpc) is 3.14. The molecule has 0 spiro atoms. The van der Waals surface area contributed by atoms with Crippen LogP contribution in [0.1, 0.15) is 71.1 Å². The molecule has 1 heterocycles. The standard InChI is InChI=1S/C18H31NO2/c1-14-6-4-9-16(12-14)21-13-18(20)19-11-5-10-17(19)15-7-2-3-8-15/h14-17H,2-13H2,1H3/t14-,16+,17-/m1/s1. The van der Waals surface area contributed by atoms with E-state index in [0.717, 1.165) is 31.2 Å². The van der Waals surface area contributed by atoms with Gasteiger partial charge in [-0.25, -0.2) is 0 Å². The minimum Gasteiger partial charge on any atom is -0.368 e. The molecule has 120 valence electrons. The van der Waals surface area contributed by atoms with Crippen LogP contribution in [-0.4, -0.2) is 36.1 Å². The first-order valence-corrected chi connectivity index (χ1v) is 9.15. The first-order chi connectivity index (χ1) is 10.2. The van der Waals surface area contributed by atoms with Crippen LogP contribution in [0.3, 0.4) is 0 Å². The van der Waals surface area contributed by atoms with Gasteiger partial charge in [0.1, 0.15) is 6.61 Å². The van der Waals surface area contributed by atoms with Crippen molar-refractivity contribution in [3.05, 3.63) is 0 Å². The summed E-state index contributed by atoms with van der Waals surface area (Å²) < 4.78 is 5.95. The summed E-state index contributed by atoms with van der Waals surface area (Å²) in [5, 5.41) is 0.